The molecule has 3 atom stereocenters. The Morgan fingerprint density at radius 3 is 2.57 bits per heavy atom. The minimum atomic E-state index is -0.0175. The Kier molecular flexibility index (Phi) is 4.92. The lowest BCUT2D eigenvalue weighted by Gasteiger charge is -2.42. The van der Waals surface area contributed by atoms with E-state index in [1.807, 2.05) is 0 Å². The SMILES string of the molecule is CCNCC1(CN2CC3CCC(O)C3C2)CCC(C)CC1. The molecule has 0 aromatic heterocycles. The van der Waals surface area contributed by atoms with Gasteiger partial charge in [-0.1, -0.05) is 26.7 Å². The number of hydrogen-bond acceptors (Lipinski definition) is 3. The summed E-state index contributed by atoms with van der Waals surface area (Å²) >= 11 is 0. The van der Waals surface area contributed by atoms with Crippen LogP contribution in [0.4, 0.5) is 0 Å². The maximum atomic E-state index is 10.1. The van der Waals surface area contributed by atoms with Crippen molar-refractivity contribution in [3.63, 3.8) is 0 Å². The van der Waals surface area contributed by atoms with E-state index in [1.165, 1.54) is 51.7 Å². The summed E-state index contributed by atoms with van der Waals surface area (Å²) in [4.78, 5) is 2.69. The van der Waals surface area contributed by atoms with Crippen LogP contribution in [0.2, 0.25) is 0 Å². The summed E-state index contributed by atoms with van der Waals surface area (Å²) in [6.45, 7) is 10.5. The minimum Gasteiger partial charge on any atom is -0.393 e. The van der Waals surface area contributed by atoms with E-state index < -0.39 is 0 Å². The van der Waals surface area contributed by atoms with E-state index in [0.717, 1.165) is 31.3 Å². The van der Waals surface area contributed by atoms with Crippen LogP contribution in [-0.2, 0) is 0 Å². The lowest BCUT2D eigenvalue weighted by atomic mass is 9.70. The highest BCUT2D eigenvalue weighted by Gasteiger charge is 2.44. The van der Waals surface area contributed by atoms with Crippen molar-refractivity contribution in [2.45, 2.75) is 58.5 Å². The van der Waals surface area contributed by atoms with Gasteiger partial charge in [-0.15, -0.1) is 0 Å². The highest BCUT2D eigenvalue weighted by atomic mass is 16.3. The fraction of sp³-hybridized carbons (Fsp3) is 1.00. The molecular weight excluding hydrogens is 260 g/mol. The van der Waals surface area contributed by atoms with E-state index in [-0.39, 0.29) is 6.10 Å². The van der Waals surface area contributed by atoms with Crippen LogP contribution in [-0.4, -0.2) is 48.8 Å². The summed E-state index contributed by atoms with van der Waals surface area (Å²) < 4.78 is 0. The third-order valence-corrected chi connectivity index (χ3v) is 6.54. The fourth-order valence-electron chi connectivity index (χ4n) is 5.09. The molecule has 0 aromatic carbocycles. The molecule has 0 amide bonds. The Hall–Kier alpha value is -0.120. The fourth-order valence-corrected chi connectivity index (χ4v) is 5.09. The predicted molar refractivity (Wildman–Crippen MR) is 87.3 cm³/mol. The molecule has 21 heavy (non-hydrogen) atoms. The molecule has 1 saturated heterocycles. The molecule has 3 heteroatoms. The zero-order valence-electron chi connectivity index (χ0n) is 14.0. The second-order valence-electron chi connectivity index (χ2n) is 8.23. The molecule has 0 spiro atoms. The van der Waals surface area contributed by atoms with Crippen molar-refractivity contribution < 1.29 is 5.11 Å². The first-order chi connectivity index (χ1) is 10.1. The molecule has 1 heterocycles. The Morgan fingerprint density at radius 1 is 1.14 bits per heavy atom. The second kappa shape index (κ2) is 6.55. The van der Waals surface area contributed by atoms with E-state index >= 15 is 0 Å². The van der Waals surface area contributed by atoms with Crippen molar-refractivity contribution in [2.75, 3.05) is 32.7 Å². The molecule has 3 fully saturated rings. The first-order valence-electron chi connectivity index (χ1n) is 9.23. The number of aliphatic hydroxyl groups is 1. The summed E-state index contributed by atoms with van der Waals surface area (Å²) in [7, 11) is 0. The van der Waals surface area contributed by atoms with Crippen LogP contribution in [0.1, 0.15) is 52.4 Å². The van der Waals surface area contributed by atoms with Crippen LogP contribution in [0.25, 0.3) is 0 Å². The first kappa shape index (κ1) is 15.8. The van der Waals surface area contributed by atoms with Crippen molar-refractivity contribution in [1.29, 1.82) is 0 Å². The zero-order chi connectivity index (χ0) is 14.9. The number of rotatable bonds is 5. The Morgan fingerprint density at radius 2 is 1.90 bits per heavy atom. The largest absolute Gasteiger partial charge is 0.393 e. The van der Waals surface area contributed by atoms with E-state index in [2.05, 4.69) is 24.1 Å². The summed E-state index contributed by atoms with van der Waals surface area (Å²) in [6, 6.07) is 0. The molecule has 0 aromatic rings. The maximum absolute atomic E-state index is 10.1. The molecule has 3 rings (SSSR count). The van der Waals surface area contributed by atoms with E-state index in [4.69, 9.17) is 0 Å². The zero-order valence-corrected chi connectivity index (χ0v) is 14.0. The minimum absolute atomic E-state index is 0.0175. The monoisotopic (exact) mass is 294 g/mol. The molecule has 0 radical (unpaired) electrons. The number of likely N-dealkylation sites (tertiary alicyclic amines) is 1. The summed E-state index contributed by atoms with van der Waals surface area (Å²) in [5.41, 5.74) is 0.492. The van der Waals surface area contributed by atoms with Gasteiger partial charge in [-0.3, -0.25) is 0 Å². The molecule has 2 aliphatic carbocycles. The average molecular weight is 294 g/mol. The Bertz CT molecular complexity index is 333. The van der Waals surface area contributed by atoms with Gasteiger partial charge in [0.05, 0.1) is 6.10 Å². The summed E-state index contributed by atoms with van der Waals surface area (Å²) in [5, 5.41) is 13.8. The van der Waals surface area contributed by atoms with Gasteiger partial charge >= 0.3 is 0 Å². The molecule has 3 aliphatic rings. The third-order valence-electron chi connectivity index (χ3n) is 6.54. The molecule has 1 aliphatic heterocycles. The molecule has 2 N–H and O–H groups in total. The quantitative estimate of drug-likeness (QED) is 0.818. The number of nitrogens with zero attached hydrogens (tertiary/aromatic N) is 1. The lowest BCUT2D eigenvalue weighted by molar-refractivity contribution is 0.0831. The first-order valence-corrected chi connectivity index (χ1v) is 9.23. The number of fused-ring (bicyclic) bond motifs is 1. The van der Waals surface area contributed by atoms with Gasteiger partial charge in [0.15, 0.2) is 0 Å². The van der Waals surface area contributed by atoms with Gasteiger partial charge in [-0.05, 0) is 49.5 Å². The summed E-state index contributed by atoms with van der Waals surface area (Å²) in [6.07, 6.45) is 7.84. The maximum Gasteiger partial charge on any atom is 0.0583 e. The standard InChI is InChI=1S/C18H34N2O/c1-3-19-12-18(8-6-14(2)7-9-18)13-20-10-15-4-5-17(21)16(15)11-20/h14-17,19,21H,3-13H2,1-2H3. The highest BCUT2D eigenvalue weighted by molar-refractivity contribution is 4.97. The van der Waals surface area contributed by atoms with Crippen LogP contribution < -0.4 is 5.32 Å². The lowest BCUT2D eigenvalue weighted by Crippen LogP contribution is -2.46. The van der Waals surface area contributed by atoms with Crippen LogP contribution in [0.3, 0.4) is 0 Å². The Labute approximate surface area is 130 Å². The van der Waals surface area contributed by atoms with Crippen molar-refractivity contribution in [3.8, 4) is 0 Å². The van der Waals surface area contributed by atoms with Crippen molar-refractivity contribution >= 4 is 0 Å². The van der Waals surface area contributed by atoms with Crippen LogP contribution >= 0.6 is 0 Å². The number of aliphatic hydroxyl groups excluding tert-OH is 1. The highest BCUT2D eigenvalue weighted by Crippen LogP contribution is 2.43. The van der Waals surface area contributed by atoms with Gasteiger partial charge in [0.2, 0.25) is 0 Å². The Balaban J connectivity index is 1.60. The van der Waals surface area contributed by atoms with Crippen molar-refractivity contribution in [1.82, 2.24) is 10.2 Å². The number of hydrogen-bond donors (Lipinski definition) is 2. The topological polar surface area (TPSA) is 35.5 Å². The molecule has 0 bridgehead atoms. The van der Waals surface area contributed by atoms with Crippen LogP contribution in [0.5, 0.6) is 0 Å². The van der Waals surface area contributed by atoms with Crippen LogP contribution in [0.15, 0.2) is 0 Å². The molecule has 3 unspecified atom stereocenters. The van der Waals surface area contributed by atoms with Gasteiger partial charge in [-0.2, -0.15) is 0 Å². The molecule has 2 saturated carbocycles. The van der Waals surface area contributed by atoms with Gasteiger partial charge in [0.1, 0.15) is 0 Å². The van der Waals surface area contributed by atoms with Gasteiger partial charge in [0.25, 0.3) is 0 Å². The normalized spacial score (nSPS) is 44.1. The van der Waals surface area contributed by atoms with Gasteiger partial charge in [-0.25, -0.2) is 0 Å². The van der Waals surface area contributed by atoms with Gasteiger partial charge < -0.3 is 15.3 Å². The average Bonchev–Trinajstić information content (AvgIpc) is 3.02. The predicted octanol–water partition coefficient (Wildman–Crippen LogP) is 2.50. The molecular formula is C18H34N2O. The number of nitrogens with one attached hydrogen (secondary N) is 1. The smallest absolute Gasteiger partial charge is 0.0583 e. The van der Waals surface area contributed by atoms with Crippen molar-refractivity contribution in [3.05, 3.63) is 0 Å². The van der Waals surface area contributed by atoms with E-state index in [0.29, 0.717) is 11.3 Å². The molecule has 3 nitrogen and oxygen atoms in total. The van der Waals surface area contributed by atoms with Crippen LogP contribution in [0, 0.1) is 23.2 Å². The van der Waals surface area contributed by atoms with Crippen molar-refractivity contribution in [2.24, 2.45) is 23.2 Å². The summed E-state index contributed by atoms with van der Waals surface area (Å²) in [5.74, 6) is 2.27. The van der Waals surface area contributed by atoms with E-state index in [1.54, 1.807) is 0 Å². The second-order valence-corrected chi connectivity index (χ2v) is 8.23. The molecule has 122 valence electrons. The van der Waals surface area contributed by atoms with E-state index in [9.17, 15) is 5.11 Å². The van der Waals surface area contributed by atoms with Gasteiger partial charge in [0, 0.05) is 32.1 Å². The third kappa shape index (κ3) is 3.46.